The Morgan fingerprint density at radius 3 is 3.00 bits per heavy atom. The summed E-state index contributed by atoms with van der Waals surface area (Å²) >= 11 is 7.37. The van der Waals surface area contributed by atoms with Crippen LogP contribution in [0.2, 0.25) is 5.15 Å². The lowest BCUT2D eigenvalue weighted by molar-refractivity contribution is -0.385. The molecule has 0 bridgehead atoms. The molecule has 0 aliphatic heterocycles. The molecule has 0 spiro atoms. The minimum atomic E-state index is -0.598. The molecule has 92 valence electrons. The molecule has 17 heavy (non-hydrogen) atoms. The van der Waals surface area contributed by atoms with Gasteiger partial charge in [0, 0.05) is 6.42 Å². The Kier molecular flexibility index (Phi) is 5.93. The topological polar surface area (TPSA) is 68.9 Å². The number of hydrogen-bond donors (Lipinski definition) is 0. The third-order valence-electron chi connectivity index (χ3n) is 1.79. The SMILES string of the molecule is CCCSC=CCc1ncc([N+](=O)[O-])c(Cl)n1. The number of thioether (sulfide) groups is 1. The number of nitro groups is 1. The van der Waals surface area contributed by atoms with Gasteiger partial charge in [-0.2, -0.15) is 0 Å². The average molecular weight is 274 g/mol. The Morgan fingerprint density at radius 2 is 2.41 bits per heavy atom. The number of rotatable bonds is 6. The molecule has 0 saturated carbocycles. The maximum Gasteiger partial charge on any atom is 0.324 e. The van der Waals surface area contributed by atoms with Crippen molar-refractivity contribution < 1.29 is 4.92 Å². The Balaban J connectivity index is 2.59. The van der Waals surface area contributed by atoms with Crippen LogP contribution >= 0.6 is 23.4 Å². The van der Waals surface area contributed by atoms with Gasteiger partial charge in [0.2, 0.25) is 5.15 Å². The second kappa shape index (κ2) is 7.24. The van der Waals surface area contributed by atoms with Crippen LogP contribution in [0.5, 0.6) is 0 Å². The summed E-state index contributed by atoms with van der Waals surface area (Å²) in [6, 6.07) is 0. The maximum atomic E-state index is 10.5. The van der Waals surface area contributed by atoms with Crippen LogP contribution in [0.4, 0.5) is 5.69 Å². The molecular formula is C10H12ClN3O2S. The summed E-state index contributed by atoms with van der Waals surface area (Å²) < 4.78 is 0. The molecule has 0 aliphatic rings. The first kappa shape index (κ1) is 13.9. The summed E-state index contributed by atoms with van der Waals surface area (Å²) in [7, 11) is 0. The van der Waals surface area contributed by atoms with Crippen molar-refractivity contribution in [1.29, 1.82) is 0 Å². The predicted octanol–water partition coefficient (Wildman–Crippen LogP) is 3.24. The van der Waals surface area contributed by atoms with Gasteiger partial charge in [-0.3, -0.25) is 10.1 Å². The van der Waals surface area contributed by atoms with Crippen LogP contribution in [-0.4, -0.2) is 20.6 Å². The highest BCUT2D eigenvalue weighted by atomic mass is 35.5. The summed E-state index contributed by atoms with van der Waals surface area (Å²) in [6.45, 7) is 2.11. The molecule has 7 heteroatoms. The van der Waals surface area contributed by atoms with Crippen LogP contribution in [0.1, 0.15) is 19.2 Å². The molecular weight excluding hydrogens is 262 g/mol. The lowest BCUT2D eigenvalue weighted by Crippen LogP contribution is -1.98. The van der Waals surface area contributed by atoms with E-state index in [9.17, 15) is 10.1 Å². The monoisotopic (exact) mass is 273 g/mol. The smallest absolute Gasteiger partial charge is 0.258 e. The van der Waals surface area contributed by atoms with Gasteiger partial charge in [-0.05, 0) is 17.6 Å². The number of nitrogens with zero attached hydrogens (tertiary/aromatic N) is 3. The van der Waals surface area contributed by atoms with E-state index in [1.807, 2.05) is 11.5 Å². The van der Waals surface area contributed by atoms with E-state index in [-0.39, 0.29) is 10.8 Å². The fourth-order valence-corrected chi connectivity index (χ4v) is 1.84. The molecule has 0 aliphatic carbocycles. The predicted molar refractivity (Wildman–Crippen MR) is 69.3 cm³/mol. The first-order chi connectivity index (χ1) is 8.15. The lowest BCUT2D eigenvalue weighted by Gasteiger charge is -1.97. The highest BCUT2D eigenvalue weighted by Gasteiger charge is 2.14. The number of aromatic nitrogens is 2. The Bertz CT molecular complexity index is 426. The van der Waals surface area contributed by atoms with E-state index in [1.165, 1.54) is 0 Å². The molecule has 0 fully saturated rings. The zero-order chi connectivity index (χ0) is 12.7. The van der Waals surface area contributed by atoms with Gasteiger partial charge in [-0.15, -0.1) is 11.8 Å². The molecule has 0 N–H and O–H groups in total. The van der Waals surface area contributed by atoms with Crippen LogP contribution in [0.3, 0.4) is 0 Å². The molecule has 1 aromatic rings. The average Bonchev–Trinajstić information content (AvgIpc) is 2.28. The third-order valence-corrected chi connectivity index (χ3v) is 3.09. The molecule has 1 aromatic heterocycles. The molecule has 1 rings (SSSR count). The molecule has 0 radical (unpaired) electrons. The Morgan fingerprint density at radius 1 is 1.65 bits per heavy atom. The van der Waals surface area contributed by atoms with Gasteiger partial charge in [0.15, 0.2) is 0 Å². The lowest BCUT2D eigenvalue weighted by atomic mass is 10.4. The van der Waals surface area contributed by atoms with Crippen molar-refractivity contribution in [3.63, 3.8) is 0 Å². The summed E-state index contributed by atoms with van der Waals surface area (Å²) in [5.74, 6) is 1.55. The second-order valence-electron chi connectivity index (χ2n) is 3.17. The fourth-order valence-electron chi connectivity index (χ4n) is 1.02. The summed E-state index contributed by atoms with van der Waals surface area (Å²) in [5.41, 5.74) is -0.264. The summed E-state index contributed by atoms with van der Waals surface area (Å²) in [5, 5.41) is 12.3. The van der Waals surface area contributed by atoms with Crippen molar-refractivity contribution in [1.82, 2.24) is 9.97 Å². The van der Waals surface area contributed by atoms with Gasteiger partial charge in [-0.25, -0.2) is 9.97 Å². The van der Waals surface area contributed by atoms with Crippen molar-refractivity contribution in [3.8, 4) is 0 Å². The highest BCUT2D eigenvalue weighted by molar-refractivity contribution is 8.02. The first-order valence-electron chi connectivity index (χ1n) is 5.07. The zero-order valence-corrected chi connectivity index (χ0v) is 10.9. The van der Waals surface area contributed by atoms with E-state index < -0.39 is 4.92 Å². The van der Waals surface area contributed by atoms with Gasteiger partial charge in [-0.1, -0.05) is 24.6 Å². The molecule has 0 saturated heterocycles. The third kappa shape index (κ3) is 4.70. The van der Waals surface area contributed by atoms with Gasteiger partial charge in [0.05, 0.1) is 4.92 Å². The molecule has 5 nitrogen and oxygen atoms in total. The van der Waals surface area contributed by atoms with Gasteiger partial charge in [0.1, 0.15) is 12.0 Å². The van der Waals surface area contributed by atoms with Crippen LogP contribution in [0.25, 0.3) is 0 Å². The maximum absolute atomic E-state index is 10.5. The van der Waals surface area contributed by atoms with Crippen molar-refractivity contribution in [2.24, 2.45) is 0 Å². The van der Waals surface area contributed by atoms with Crippen LogP contribution in [-0.2, 0) is 6.42 Å². The van der Waals surface area contributed by atoms with E-state index in [4.69, 9.17) is 11.6 Å². The molecule has 0 unspecified atom stereocenters. The van der Waals surface area contributed by atoms with E-state index >= 15 is 0 Å². The van der Waals surface area contributed by atoms with Gasteiger partial charge >= 0.3 is 5.69 Å². The van der Waals surface area contributed by atoms with Crippen LogP contribution in [0.15, 0.2) is 17.7 Å². The Labute approximate surface area is 108 Å². The van der Waals surface area contributed by atoms with Crippen molar-refractivity contribution in [2.45, 2.75) is 19.8 Å². The normalized spacial score (nSPS) is 10.9. The quantitative estimate of drug-likeness (QED) is 0.344. The zero-order valence-electron chi connectivity index (χ0n) is 9.30. The summed E-state index contributed by atoms with van der Waals surface area (Å²) in [4.78, 5) is 17.6. The number of halogens is 1. The Hall–Kier alpha value is -1.14. The molecule has 0 amide bonds. The van der Waals surface area contributed by atoms with Gasteiger partial charge in [0.25, 0.3) is 0 Å². The molecule has 0 aromatic carbocycles. The van der Waals surface area contributed by atoms with E-state index in [1.54, 1.807) is 11.8 Å². The second-order valence-corrected chi connectivity index (χ2v) is 4.54. The van der Waals surface area contributed by atoms with Crippen molar-refractivity contribution in [3.05, 3.63) is 38.8 Å². The molecule has 1 heterocycles. The van der Waals surface area contributed by atoms with Crippen LogP contribution < -0.4 is 0 Å². The minimum absolute atomic E-state index is 0.116. The van der Waals surface area contributed by atoms with Crippen molar-refractivity contribution >= 4 is 29.1 Å². The van der Waals surface area contributed by atoms with Gasteiger partial charge < -0.3 is 0 Å². The summed E-state index contributed by atoms with van der Waals surface area (Å²) in [6.07, 6.45) is 4.69. The number of hydrogen-bond acceptors (Lipinski definition) is 5. The van der Waals surface area contributed by atoms with Crippen LogP contribution in [0, 0.1) is 10.1 Å². The van der Waals surface area contributed by atoms with E-state index in [0.29, 0.717) is 12.2 Å². The van der Waals surface area contributed by atoms with E-state index in [2.05, 4.69) is 16.9 Å². The standard InChI is InChI=1S/C10H12ClN3O2S/c1-2-5-17-6-3-4-9-12-7-8(14(15)16)10(11)13-9/h3,6-7H,2,4-5H2,1H3. The largest absolute Gasteiger partial charge is 0.324 e. The highest BCUT2D eigenvalue weighted by Crippen LogP contribution is 2.20. The molecule has 0 atom stereocenters. The fraction of sp³-hybridized carbons (Fsp3) is 0.400. The van der Waals surface area contributed by atoms with E-state index in [0.717, 1.165) is 18.4 Å². The first-order valence-corrected chi connectivity index (χ1v) is 6.50. The van der Waals surface area contributed by atoms with Crippen molar-refractivity contribution in [2.75, 3.05) is 5.75 Å². The minimum Gasteiger partial charge on any atom is -0.258 e. The number of allylic oxidation sites excluding steroid dienone is 1.